The lowest BCUT2D eigenvalue weighted by Gasteiger charge is -2.57. The number of fused-ring (bicyclic) bond motifs is 1. The summed E-state index contributed by atoms with van der Waals surface area (Å²) in [6.07, 6.45) is 1.53. The average molecular weight is 481 g/mol. The largest absolute Gasteiger partial charge is 0.395 e. The van der Waals surface area contributed by atoms with E-state index in [2.05, 4.69) is 41.3 Å². The molecular weight excluding hydrogens is 451 g/mol. The van der Waals surface area contributed by atoms with Crippen LogP contribution in [-0.4, -0.2) is 61.1 Å². The lowest BCUT2D eigenvalue weighted by Crippen LogP contribution is -2.67. The number of nitrogens with zero attached hydrogens (tertiary/aromatic N) is 2. The van der Waals surface area contributed by atoms with Crippen LogP contribution >= 0.6 is 0 Å². The molecule has 0 aromatic heterocycles. The highest BCUT2D eigenvalue weighted by molar-refractivity contribution is 7.89. The third-order valence-electron chi connectivity index (χ3n) is 7.19. The van der Waals surface area contributed by atoms with E-state index in [-0.39, 0.29) is 36.0 Å². The second-order valence-electron chi connectivity index (χ2n) is 9.07. The number of hydrogen-bond donors (Lipinski definition) is 1. The van der Waals surface area contributed by atoms with Crippen LogP contribution < -0.4 is 0 Å². The van der Waals surface area contributed by atoms with Crippen molar-refractivity contribution in [2.45, 2.75) is 35.7 Å². The quantitative estimate of drug-likeness (QED) is 0.597. The van der Waals surface area contributed by atoms with Crippen LogP contribution in [0.1, 0.15) is 24.3 Å². The van der Waals surface area contributed by atoms with Gasteiger partial charge in [0.15, 0.2) is 0 Å². The molecule has 0 spiro atoms. The van der Waals surface area contributed by atoms with Crippen LogP contribution in [0.5, 0.6) is 0 Å². The molecule has 3 atom stereocenters. The molecule has 2 aliphatic heterocycles. The van der Waals surface area contributed by atoms with E-state index >= 15 is 0 Å². The van der Waals surface area contributed by atoms with E-state index in [9.17, 15) is 17.9 Å². The van der Waals surface area contributed by atoms with Gasteiger partial charge in [0.25, 0.3) is 0 Å². The van der Waals surface area contributed by atoms with Crippen molar-refractivity contribution in [3.8, 4) is 11.1 Å². The molecule has 0 bridgehead atoms. The Morgan fingerprint density at radius 3 is 2.21 bits per heavy atom. The molecule has 2 saturated heterocycles. The maximum Gasteiger partial charge on any atom is 0.246 e. The third kappa shape index (κ3) is 4.18. The Morgan fingerprint density at radius 2 is 1.50 bits per heavy atom. The first kappa shape index (κ1) is 23.2. The Balaban J connectivity index is 1.44. The molecule has 2 fully saturated rings. The predicted octanol–water partition coefficient (Wildman–Crippen LogP) is 4.11. The number of hydrogen-bond acceptors (Lipinski definition) is 4. The van der Waals surface area contributed by atoms with Gasteiger partial charge in [-0.1, -0.05) is 66.7 Å². The average Bonchev–Trinajstić information content (AvgIpc) is 2.84. The van der Waals surface area contributed by atoms with Crippen molar-refractivity contribution in [3.63, 3.8) is 0 Å². The van der Waals surface area contributed by atoms with Gasteiger partial charge in [-0.15, -0.1) is 0 Å². The number of sulfonamides is 1. The van der Waals surface area contributed by atoms with Crippen molar-refractivity contribution in [2.75, 3.05) is 26.2 Å². The van der Waals surface area contributed by atoms with Gasteiger partial charge in [-0.05, 0) is 48.2 Å². The molecule has 0 aliphatic carbocycles. The van der Waals surface area contributed by atoms with Gasteiger partial charge in [0.2, 0.25) is 10.0 Å². The minimum Gasteiger partial charge on any atom is -0.395 e. The molecule has 3 aromatic carbocycles. The Kier molecular flexibility index (Phi) is 6.53. The van der Waals surface area contributed by atoms with Gasteiger partial charge in [0.05, 0.1) is 6.61 Å². The first-order chi connectivity index (χ1) is 16.5. The summed E-state index contributed by atoms with van der Waals surface area (Å²) in [4.78, 5) is 1.95. The fraction of sp³-hybridized carbons (Fsp3) is 0.333. The van der Waals surface area contributed by atoms with Crippen LogP contribution in [0.2, 0.25) is 0 Å². The fourth-order valence-corrected chi connectivity index (χ4v) is 7.01. The molecule has 7 heteroatoms. The van der Waals surface area contributed by atoms with Gasteiger partial charge in [0, 0.05) is 31.1 Å². The van der Waals surface area contributed by atoms with E-state index in [4.69, 9.17) is 0 Å². The highest BCUT2D eigenvalue weighted by Crippen LogP contribution is 2.43. The topological polar surface area (TPSA) is 60.9 Å². The van der Waals surface area contributed by atoms with Crippen molar-refractivity contribution < 1.29 is 17.9 Å². The smallest absolute Gasteiger partial charge is 0.246 e. The van der Waals surface area contributed by atoms with Crippen molar-refractivity contribution >= 4 is 10.0 Å². The van der Waals surface area contributed by atoms with Crippen molar-refractivity contribution in [1.29, 1.82) is 0 Å². The molecule has 0 saturated carbocycles. The van der Waals surface area contributed by atoms with Gasteiger partial charge in [0.1, 0.15) is 10.7 Å². The normalized spacial score (nSPS) is 24.0. The third-order valence-corrected chi connectivity index (χ3v) is 9.09. The molecule has 0 unspecified atom stereocenters. The van der Waals surface area contributed by atoms with E-state index in [1.807, 2.05) is 18.2 Å². The summed E-state index contributed by atoms with van der Waals surface area (Å²) >= 11 is 0. The van der Waals surface area contributed by atoms with Crippen LogP contribution in [0.3, 0.4) is 0 Å². The zero-order valence-electron chi connectivity index (χ0n) is 18.9. The molecular formula is C27H29FN2O3S. The van der Waals surface area contributed by atoms with Crippen molar-refractivity contribution in [1.82, 2.24) is 9.21 Å². The lowest BCUT2D eigenvalue weighted by atomic mass is 9.74. The van der Waals surface area contributed by atoms with Gasteiger partial charge in [-0.2, -0.15) is 4.31 Å². The maximum absolute atomic E-state index is 14.4. The Hall–Kier alpha value is -2.58. The van der Waals surface area contributed by atoms with Crippen molar-refractivity contribution in [2.24, 2.45) is 0 Å². The summed E-state index contributed by atoms with van der Waals surface area (Å²) in [5.74, 6) is -0.720. The molecule has 0 amide bonds. The Bertz CT molecular complexity index is 1230. The second kappa shape index (κ2) is 9.58. The molecule has 2 aliphatic rings. The van der Waals surface area contributed by atoms with E-state index < -0.39 is 15.8 Å². The number of aliphatic hydroxyl groups excluding tert-OH is 1. The minimum atomic E-state index is -3.96. The van der Waals surface area contributed by atoms with E-state index in [1.54, 1.807) is 6.07 Å². The summed E-state index contributed by atoms with van der Waals surface area (Å²) in [6.45, 7) is 1.48. The first-order valence-corrected chi connectivity index (χ1v) is 13.2. The van der Waals surface area contributed by atoms with Crippen LogP contribution in [0.25, 0.3) is 11.1 Å². The summed E-state index contributed by atoms with van der Waals surface area (Å²) in [7, 11) is -3.96. The monoisotopic (exact) mass is 480 g/mol. The maximum atomic E-state index is 14.4. The number of benzene rings is 3. The van der Waals surface area contributed by atoms with Crippen LogP contribution in [-0.2, 0) is 10.0 Å². The van der Waals surface area contributed by atoms with Crippen LogP contribution in [0.15, 0.2) is 83.8 Å². The highest BCUT2D eigenvalue weighted by atomic mass is 32.2. The summed E-state index contributed by atoms with van der Waals surface area (Å²) in [5.41, 5.74) is 3.34. The Labute approximate surface area is 200 Å². The summed E-state index contributed by atoms with van der Waals surface area (Å²) < 4.78 is 42.6. The fourth-order valence-electron chi connectivity index (χ4n) is 5.45. The zero-order valence-corrected chi connectivity index (χ0v) is 19.7. The summed E-state index contributed by atoms with van der Waals surface area (Å²) in [6, 6.07) is 23.9. The van der Waals surface area contributed by atoms with E-state index in [0.29, 0.717) is 13.0 Å². The standard InChI is InChI=1S/C27H29FN2O3S/c28-23-10-4-5-11-26(23)34(32,33)29-16-6-7-17-30-24(18-29)27(25(30)19-31)22-14-12-21(13-15-22)20-8-2-1-3-9-20/h1-5,8-15,24-25,27,31H,6-7,16-19H2/t24-,25-,27+/m1/s1. The molecule has 3 aromatic rings. The second-order valence-corrected chi connectivity index (χ2v) is 11.0. The minimum absolute atomic E-state index is 0.00578. The molecule has 178 valence electrons. The van der Waals surface area contributed by atoms with E-state index in [0.717, 1.165) is 29.7 Å². The predicted molar refractivity (Wildman–Crippen MR) is 130 cm³/mol. The van der Waals surface area contributed by atoms with Gasteiger partial charge in [-0.3, -0.25) is 4.90 Å². The first-order valence-electron chi connectivity index (χ1n) is 11.8. The number of aliphatic hydroxyl groups is 1. The lowest BCUT2D eigenvalue weighted by molar-refractivity contribution is -0.0554. The van der Waals surface area contributed by atoms with E-state index in [1.165, 1.54) is 22.5 Å². The van der Waals surface area contributed by atoms with Crippen LogP contribution in [0, 0.1) is 5.82 Å². The van der Waals surface area contributed by atoms with Gasteiger partial charge < -0.3 is 5.11 Å². The molecule has 0 radical (unpaired) electrons. The molecule has 2 heterocycles. The molecule has 5 nitrogen and oxygen atoms in total. The molecule has 1 N–H and O–H groups in total. The highest BCUT2D eigenvalue weighted by Gasteiger charge is 2.50. The molecule has 5 rings (SSSR count). The Morgan fingerprint density at radius 1 is 0.853 bits per heavy atom. The molecule has 34 heavy (non-hydrogen) atoms. The van der Waals surface area contributed by atoms with Gasteiger partial charge >= 0.3 is 0 Å². The SMILES string of the molecule is O=S(=O)(c1ccccc1F)N1CCCCN2[C@H](CO)[C@@H](c3ccc(-c4ccccc4)cc3)[C@H]2C1. The zero-order chi connectivity index (χ0) is 23.7. The summed E-state index contributed by atoms with van der Waals surface area (Å²) in [5, 5.41) is 10.2. The number of rotatable bonds is 5. The van der Waals surface area contributed by atoms with Crippen LogP contribution in [0.4, 0.5) is 4.39 Å². The van der Waals surface area contributed by atoms with Crippen molar-refractivity contribution in [3.05, 3.63) is 90.2 Å². The van der Waals surface area contributed by atoms with Gasteiger partial charge in [-0.25, -0.2) is 12.8 Å². The number of halogens is 1.